The van der Waals surface area contributed by atoms with Gasteiger partial charge in [0, 0.05) is 40.9 Å². The van der Waals surface area contributed by atoms with E-state index in [9.17, 15) is 27.9 Å². The van der Waals surface area contributed by atoms with Crippen LogP contribution >= 0.6 is 0 Å². The van der Waals surface area contributed by atoms with Crippen molar-refractivity contribution < 1.29 is 37.3 Å². The Morgan fingerprint density at radius 1 is 0.694 bits per heavy atom. The first-order valence-corrected chi connectivity index (χ1v) is 20.2. The van der Waals surface area contributed by atoms with Gasteiger partial charge in [-0.05, 0) is 61.1 Å². The number of carbonyl (C=O) groups excluding carboxylic acids is 2. The van der Waals surface area contributed by atoms with Gasteiger partial charge in [-0.1, -0.05) is 109 Å². The maximum Gasteiger partial charge on any atom is 0.406 e. The lowest BCUT2D eigenvalue weighted by atomic mass is 9.63. The highest BCUT2D eigenvalue weighted by atomic mass is 19.4. The van der Waals surface area contributed by atoms with Crippen LogP contribution in [0.15, 0.2) is 121 Å². The average Bonchev–Trinajstić information content (AvgIpc) is 3.26. The van der Waals surface area contributed by atoms with Crippen molar-refractivity contribution in [1.82, 2.24) is 9.97 Å². The predicted octanol–water partition coefficient (Wildman–Crippen LogP) is 8.02. The summed E-state index contributed by atoms with van der Waals surface area (Å²) in [5.74, 6) is -0.366. The summed E-state index contributed by atoms with van der Waals surface area (Å²) in [5, 5.41) is 10.1. The third-order valence-electron chi connectivity index (χ3n) is 11.2. The normalized spacial score (nSPS) is 19.3. The lowest BCUT2D eigenvalue weighted by Gasteiger charge is -2.49. The van der Waals surface area contributed by atoms with Gasteiger partial charge in [-0.25, -0.2) is 9.97 Å². The number of halogens is 3. The third kappa shape index (κ3) is 8.62. The van der Waals surface area contributed by atoms with Crippen LogP contribution in [0.5, 0.6) is 11.8 Å². The first kappa shape index (κ1) is 42.1. The van der Waals surface area contributed by atoms with Gasteiger partial charge in [0.05, 0.1) is 17.0 Å². The zero-order valence-corrected chi connectivity index (χ0v) is 34.2. The second-order valence-corrected chi connectivity index (χ2v) is 15.9. The molecule has 14 heteroatoms. The van der Waals surface area contributed by atoms with Crippen LogP contribution in [0, 0.1) is 0 Å². The molecule has 2 aliphatic heterocycles. The SMILES string of the molecule is CC1(O)CC(N)(c2ccc(-c3nc4c(cc3-c3ccccc3)N(CC(F)(F)F)C(=O)CO4)cc2)C1.CCN1C(=O)COc2nc(-c3ccc(CN)cc3)c(-c3ccccc3)cc21. The second-order valence-electron chi connectivity index (χ2n) is 15.9. The fraction of sp³-hybridized carbons (Fsp3) is 0.250. The number of carbonyl (C=O) groups is 2. The number of likely N-dealkylation sites (N-methyl/N-ethyl adjacent to an activating group) is 1. The summed E-state index contributed by atoms with van der Waals surface area (Å²) in [7, 11) is 0. The minimum absolute atomic E-state index is 0.0179. The van der Waals surface area contributed by atoms with E-state index in [1.165, 1.54) is 6.07 Å². The molecule has 4 aromatic carbocycles. The molecule has 5 N–H and O–H groups in total. The summed E-state index contributed by atoms with van der Waals surface area (Å²) in [6.07, 6.45) is -3.68. The average molecular weight is 843 g/mol. The lowest BCUT2D eigenvalue weighted by Crippen LogP contribution is -2.58. The Morgan fingerprint density at radius 2 is 1.15 bits per heavy atom. The van der Waals surface area contributed by atoms with Crippen molar-refractivity contribution in [1.29, 1.82) is 0 Å². The number of nitrogens with two attached hydrogens (primary N) is 2. The smallest absolute Gasteiger partial charge is 0.406 e. The minimum Gasteiger partial charge on any atom is -0.466 e. The number of hydrogen-bond acceptors (Lipinski definition) is 9. The number of nitrogens with zero attached hydrogens (tertiary/aromatic N) is 4. The molecule has 6 aromatic rings. The van der Waals surface area contributed by atoms with E-state index in [-0.39, 0.29) is 24.1 Å². The number of aliphatic hydroxyl groups is 1. The first-order valence-electron chi connectivity index (χ1n) is 20.2. The molecular weight excluding hydrogens is 798 g/mol. The molecule has 0 atom stereocenters. The van der Waals surface area contributed by atoms with Gasteiger partial charge >= 0.3 is 6.18 Å². The fourth-order valence-corrected chi connectivity index (χ4v) is 8.34. The Labute approximate surface area is 356 Å². The lowest BCUT2D eigenvalue weighted by molar-refractivity contribution is -0.134. The summed E-state index contributed by atoms with van der Waals surface area (Å²) < 4.78 is 50.7. The van der Waals surface area contributed by atoms with E-state index < -0.39 is 36.4 Å². The zero-order valence-electron chi connectivity index (χ0n) is 34.2. The number of ether oxygens (including phenoxy) is 2. The number of amides is 2. The minimum atomic E-state index is -4.57. The highest BCUT2D eigenvalue weighted by Gasteiger charge is 2.49. The Hall–Kier alpha value is -6.61. The van der Waals surface area contributed by atoms with Crippen LogP contribution in [0.1, 0.15) is 37.8 Å². The van der Waals surface area contributed by atoms with Crippen LogP contribution in [0.4, 0.5) is 24.5 Å². The van der Waals surface area contributed by atoms with Crippen LogP contribution < -0.4 is 30.7 Å². The number of pyridine rings is 2. The van der Waals surface area contributed by atoms with Crippen molar-refractivity contribution in [2.75, 3.05) is 36.1 Å². The quantitative estimate of drug-likeness (QED) is 0.138. The van der Waals surface area contributed by atoms with Gasteiger partial charge in [-0.3, -0.25) is 14.5 Å². The molecule has 1 aliphatic carbocycles. The van der Waals surface area contributed by atoms with Gasteiger partial charge in [0.2, 0.25) is 11.8 Å². The van der Waals surface area contributed by atoms with E-state index in [4.69, 9.17) is 25.9 Å². The van der Waals surface area contributed by atoms with Gasteiger partial charge < -0.3 is 30.9 Å². The number of anilines is 2. The van der Waals surface area contributed by atoms with Gasteiger partial charge in [0.1, 0.15) is 17.9 Å². The number of fused-ring (bicyclic) bond motifs is 2. The number of alkyl halides is 3. The standard InChI is InChI=1S/C26H24F3N3O3.C22H21N3O2/c1-24(34)13-25(30,14-24)18-9-7-17(8-10-18)22-19(16-5-3-2-4-6-16)11-20-23(31-22)35-12-21(33)32(20)15-26(27,28)29;1-2-25-19-12-18(16-6-4-3-5-7-16)21(24-22(19)27-14-20(25)26)17-10-8-15(13-23)9-11-17/h2-11,34H,12-15,30H2,1H3;3-12H,2,13-14,23H2,1H3. The number of hydrogen-bond donors (Lipinski definition) is 3. The van der Waals surface area contributed by atoms with Crippen molar-refractivity contribution >= 4 is 23.2 Å². The molecule has 3 aliphatic rings. The van der Waals surface area contributed by atoms with Crippen LogP contribution in [0.3, 0.4) is 0 Å². The van der Waals surface area contributed by atoms with Crippen molar-refractivity contribution in [3.63, 3.8) is 0 Å². The van der Waals surface area contributed by atoms with E-state index >= 15 is 0 Å². The Balaban J connectivity index is 0.000000176. The summed E-state index contributed by atoms with van der Waals surface area (Å²) >= 11 is 0. The van der Waals surface area contributed by atoms with Crippen molar-refractivity contribution in [2.45, 2.75) is 50.6 Å². The van der Waals surface area contributed by atoms with Gasteiger partial charge in [0.15, 0.2) is 13.2 Å². The first-order chi connectivity index (χ1) is 29.6. The molecule has 2 amide bonds. The largest absolute Gasteiger partial charge is 0.466 e. The molecular formula is C48H45F3N6O5. The zero-order chi connectivity index (χ0) is 43.8. The Bertz CT molecular complexity index is 2600. The van der Waals surface area contributed by atoms with E-state index in [0.29, 0.717) is 53.5 Å². The summed E-state index contributed by atoms with van der Waals surface area (Å²) in [4.78, 5) is 36.3. The van der Waals surface area contributed by atoms with Crippen LogP contribution in [0.25, 0.3) is 44.8 Å². The maximum absolute atomic E-state index is 13.2. The fourth-order valence-electron chi connectivity index (χ4n) is 8.34. The number of aromatic nitrogens is 2. The molecule has 0 unspecified atom stereocenters. The van der Waals surface area contributed by atoms with Crippen molar-refractivity contribution in [2.24, 2.45) is 11.5 Å². The Kier molecular flexibility index (Phi) is 11.3. The molecule has 1 fully saturated rings. The molecule has 0 spiro atoms. The maximum atomic E-state index is 13.2. The predicted molar refractivity (Wildman–Crippen MR) is 231 cm³/mol. The highest BCUT2D eigenvalue weighted by Crippen LogP contribution is 2.47. The molecule has 62 heavy (non-hydrogen) atoms. The van der Waals surface area contributed by atoms with Gasteiger partial charge in [-0.15, -0.1) is 0 Å². The molecule has 318 valence electrons. The van der Waals surface area contributed by atoms with Gasteiger partial charge in [0.25, 0.3) is 11.8 Å². The van der Waals surface area contributed by atoms with Crippen LogP contribution in [-0.2, 0) is 21.7 Å². The molecule has 4 heterocycles. The summed E-state index contributed by atoms with van der Waals surface area (Å²) in [6.45, 7) is 2.86. The summed E-state index contributed by atoms with van der Waals surface area (Å²) in [5.41, 5.74) is 19.8. The van der Waals surface area contributed by atoms with E-state index in [1.54, 1.807) is 11.8 Å². The van der Waals surface area contributed by atoms with Crippen LogP contribution in [0.2, 0.25) is 0 Å². The summed E-state index contributed by atoms with van der Waals surface area (Å²) in [6, 6.07) is 38.2. The Morgan fingerprint density at radius 3 is 1.58 bits per heavy atom. The second kappa shape index (κ2) is 16.7. The molecule has 9 rings (SSSR count). The topological polar surface area (TPSA) is 157 Å². The molecule has 1 saturated carbocycles. The van der Waals surface area contributed by atoms with Crippen molar-refractivity contribution in [3.05, 3.63) is 132 Å². The van der Waals surface area contributed by atoms with E-state index in [1.807, 2.05) is 122 Å². The number of benzene rings is 4. The van der Waals surface area contributed by atoms with Crippen LogP contribution in [-0.4, -0.2) is 65.0 Å². The van der Waals surface area contributed by atoms with E-state index in [0.717, 1.165) is 44.8 Å². The van der Waals surface area contributed by atoms with Crippen molar-refractivity contribution in [3.8, 4) is 56.5 Å². The molecule has 2 aromatic heterocycles. The molecule has 0 bridgehead atoms. The molecule has 0 saturated heterocycles. The monoisotopic (exact) mass is 842 g/mol. The molecule has 11 nitrogen and oxygen atoms in total. The van der Waals surface area contributed by atoms with Gasteiger partial charge in [-0.2, -0.15) is 13.2 Å². The third-order valence-corrected chi connectivity index (χ3v) is 11.2. The van der Waals surface area contributed by atoms with E-state index in [2.05, 4.69) is 4.98 Å². The highest BCUT2D eigenvalue weighted by molar-refractivity contribution is 6.00. The molecule has 0 radical (unpaired) electrons. The number of rotatable bonds is 8.